The van der Waals surface area contributed by atoms with Gasteiger partial charge in [-0.3, -0.25) is 9.59 Å². The van der Waals surface area contributed by atoms with Gasteiger partial charge in [0.25, 0.3) is 0 Å². The van der Waals surface area contributed by atoms with Crippen LogP contribution in [0.4, 0.5) is 0 Å². The summed E-state index contributed by atoms with van der Waals surface area (Å²) in [6.07, 6.45) is 9.83. The van der Waals surface area contributed by atoms with Crippen molar-refractivity contribution in [1.29, 1.82) is 0 Å². The number of H-pyrrole nitrogens is 1. The second-order valence-electron chi connectivity index (χ2n) is 15.6. The van der Waals surface area contributed by atoms with Crippen LogP contribution in [-0.4, -0.2) is 32.2 Å². The maximum Gasteiger partial charge on any atom is 0.180 e. The molecule has 36 heavy (non-hydrogen) atoms. The molecule has 1 aromatic heterocycles. The van der Waals surface area contributed by atoms with E-state index in [9.17, 15) is 9.59 Å². The lowest BCUT2D eigenvalue weighted by atomic mass is 9.31. The van der Waals surface area contributed by atoms with Crippen LogP contribution in [0.3, 0.4) is 0 Å². The molecule has 5 aliphatic carbocycles. The third-order valence-corrected chi connectivity index (χ3v) is 13.6. The first-order valence-corrected chi connectivity index (χ1v) is 14.5. The number of Topliss-reactive ketones (excluding diaryl/α,β-unsaturated/α-hetero) is 2. The van der Waals surface area contributed by atoms with Crippen molar-refractivity contribution < 1.29 is 9.59 Å². The fraction of sp³-hybridized carbons (Fsp3) is 0.900. The number of tetrazole rings is 1. The maximum atomic E-state index is 14.5. The number of rotatable bonds is 1. The minimum Gasteiger partial charge on any atom is -0.299 e. The van der Waals surface area contributed by atoms with E-state index in [-0.39, 0.29) is 44.3 Å². The molecule has 1 heterocycles. The molecular formula is C30H46N4O2. The second kappa shape index (κ2) is 7.28. The van der Waals surface area contributed by atoms with Crippen LogP contribution >= 0.6 is 0 Å². The summed E-state index contributed by atoms with van der Waals surface area (Å²) in [5, 5.41) is 15.8. The standard InChI is InChI=1S/C30H46N4O2/c1-25(2)12-14-30(24-31-33-34-32-24)15-13-29(7)23(18(30)17-25)19(35)16-21-27(5)10-9-22(36)26(3,4)20(27)8-11-28(21,29)6/h18,20-21,23H,8-17H2,1-7H3,(H,31,32,33,34)/t18-,20-,21+,23-,27-,28+,29+,30-/m0/s1. The number of ketones is 2. The third-order valence-electron chi connectivity index (χ3n) is 13.6. The van der Waals surface area contributed by atoms with Gasteiger partial charge in [-0.1, -0.05) is 53.7 Å². The lowest BCUT2D eigenvalue weighted by Gasteiger charge is -2.72. The zero-order valence-electron chi connectivity index (χ0n) is 23.5. The number of nitrogens with zero attached hydrogens (tertiary/aromatic N) is 3. The van der Waals surface area contributed by atoms with E-state index in [2.05, 4.69) is 69.1 Å². The van der Waals surface area contributed by atoms with Crippen LogP contribution in [0.2, 0.25) is 0 Å². The van der Waals surface area contributed by atoms with Crippen molar-refractivity contribution in [2.45, 2.75) is 118 Å². The smallest absolute Gasteiger partial charge is 0.180 e. The third kappa shape index (κ3) is 2.88. The van der Waals surface area contributed by atoms with Crippen molar-refractivity contribution in [3.8, 4) is 0 Å². The number of aromatic nitrogens is 4. The molecule has 198 valence electrons. The van der Waals surface area contributed by atoms with E-state index >= 15 is 0 Å². The quantitative estimate of drug-likeness (QED) is 0.511. The monoisotopic (exact) mass is 494 g/mol. The Hall–Kier alpha value is -1.59. The molecular weight excluding hydrogens is 448 g/mol. The van der Waals surface area contributed by atoms with Gasteiger partial charge in [-0.25, -0.2) is 0 Å². The van der Waals surface area contributed by atoms with Gasteiger partial charge >= 0.3 is 0 Å². The lowest BCUT2D eigenvalue weighted by Crippen LogP contribution is -2.69. The molecule has 0 unspecified atom stereocenters. The number of carbonyl (C=O) groups is 2. The highest BCUT2D eigenvalue weighted by atomic mass is 16.1. The van der Waals surface area contributed by atoms with Gasteiger partial charge in [-0.05, 0) is 90.8 Å². The van der Waals surface area contributed by atoms with Crippen molar-refractivity contribution in [3.05, 3.63) is 5.82 Å². The van der Waals surface area contributed by atoms with Gasteiger partial charge in [0.15, 0.2) is 5.82 Å². The van der Waals surface area contributed by atoms with Crippen LogP contribution < -0.4 is 0 Å². The number of carbonyl (C=O) groups excluding carboxylic acids is 2. The molecule has 0 bridgehead atoms. The Kier molecular flexibility index (Phi) is 5.00. The van der Waals surface area contributed by atoms with Crippen molar-refractivity contribution >= 4 is 11.6 Å². The molecule has 5 fully saturated rings. The molecule has 6 rings (SSSR count). The highest BCUT2D eigenvalue weighted by Crippen LogP contribution is 2.76. The number of aromatic amines is 1. The van der Waals surface area contributed by atoms with Crippen LogP contribution in [0.15, 0.2) is 0 Å². The zero-order chi connectivity index (χ0) is 25.9. The maximum absolute atomic E-state index is 14.5. The molecule has 0 saturated heterocycles. The summed E-state index contributed by atoms with van der Waals surface area (Å²) < 4.78 is 0. The Bertz CT molecular complexity index is 1090. The fourth-order valence-electron chi connectivity index (χ4n) is 11.3. The zero-order valence-corrected chi connectivity index (χ0v) is 23.5. The van der Waals surface area contributed by atoms with E-state index in [0.29, 0.717) is 36.2 Å². The minimum absolute atomic E-state index is 0.0437. The van der Waals surface area contributed by atoms with Gasteiger partial charge in [0, 0.05) is 29.6 Å². The Morgan fingerprint density at radius 2 is 1.56 bits per heavy atom. The Morgan fingerprint density at radius 3 is 2.25 bits per heavy atom. The summed E-state index contributed by atoms with van der Waals surface area (Å²) in [6.45, 7) is 16.6. The van der Waals surface area contributed by atoms with E-state index < -0.39 is 0 Å². The van der Waals surface area contributed by atoms with Gasteiger partial charge < -0.3 is 0 Å². The molecule has 0 amide bonds. The van der Waals surface area contributed by atoms with Crippen molar-refractivity contribution in [2.75, 3.05) is 0 Å². The van der Waals surface area contributed by atoms with Gasteiger partial charge in [-0.15, -0.1) is 10.2 Å². The topological polar surface area (TPSA) is 88.6 Å². The summed E-state index contributed by atoms with van der Waals surface area (Å²) in [6, 6.07) is 0. The van der Waals surface area contributed by atoms with Crippen LogP contribution in [-0.2, 0) is 15.0 Å². The summed E-state index contributed by atoms with van der Waals surface area (Å²) in [7, 11) is 0. The molecule has 5 saturated carbocycles. The highest BCUT2D eigenvalue weighted by Gasteiger charge is 2.72. The predicted octanol–water partition coefficient (Wildman–Crippen LogP) is 6.08. The number of fused-ring (bicyclic) bond motifs is 7. The average Bonchev–Trinajstić information content (AvgIpc) is 3.33. The summed E-state index contributed by atoms with van der Waals surface area (Å²) >= 11 is 0. The van der Waals surface area contributed by atoms with Gasteiger partial charge in [0.05, 0.1) is 0 Å². The molecule has 1 N–H and O–H groups in total. The minimum atomic E-state index is -0.289. The molecule has 6 heteroatoms. The van der Waals surface area contributed by atoms with Gasteiger partial charge in [0.1, 0.15) is 11.6 Å². The molecule has 0 aliphatic heterocycles. The van der Waals surface area contributed by atoms with Gasteiger partial charge in [0.2, 0.25) is 0 Å². The average molecular weight is 495 g/mol. The predicted molar refractivity (Wildman–Crippen MR) is 138 cm³/mol. The van der Waals surface area contributed by atoms with Crippen molar-refractivity contribution in [2.24, 2.45) is 50.7 Å². The van der Waals surface area contributed by atoms with Gasteiger partial charge in [-0.2, -0.15) is 5.21 Å². The molecule has 0 aromatic carbocycles. The van der Waals surface area contributed by atoms with Crippen LogP contribution in [0.25, 0.3) is 0 Å². The van der Waals surface area contributed by atoms with E-state index in [0.717, 1.165) is 57.2 Å². The normalized spacial score (nSPS) is 49.4. The number of hydrogen-bond acceptors (Lipinski definition) is 5. The fourth-order valence-corrected chi connectivity index (χ4v) is 11.3. The first-order valence-electron chi connectivity index (χ1n) is 14.5. The highest BCUT2D eigenvalue weighted by molar-refractivity contribution is 5.86. The lowest BCUT2D eigenvalue weighted by molar-refractivity contribution is -0.227. The SMILES string of the molecule is CC1(C)CC[C@]2(c3nn[nH]n3)CC[C@]3(C)[C@H](C(=O)C[C@@H]4[C@@]5(C)CCC(=O)C(C)(C)[C@@H]5CC[C@]43C)[C@@H]2C1. The summed E-state index contributed by atoms with van der Waals surface area (Å²) in [5.74, 6) is 2.76. The van der Waals surface area contributed by atoms with E-state index in [4.69, 9.17) is 0 Å². The molecule has 5 aliphatic rings. The molecule has 0 spiro atoms. The van der Waals surface area contributed by atoms with E-state index in [1.807, 2.05) is 0 Å². The number of hydrogen-bond donors (Lipinski definition) is 1. The summed E-state index contributed by atoms with van der Waals surface area (Å²) in [5.41, 5.74) is -0.126. The molecule has 6 nitrogen and oxygen atoms in total. The van der Waals surface area contributed by atoms with Crippen LogP contribution in [0.5, 0.6) is 0 Å². The van der Waals surface area contributed by atoms with Crippen LogP contribution in [0, 0.1) is 50.7 Å². The molecule has 1 aromatic rings. The summed E-state index contributed by atoms with van der Waals surface area (Å²) in [4.78, 5) is 27.5. The Labute approximate surface area is 216 Å². The molecule has 0 radical (unpaired) electrons. The second-order valence-corrected chi connectivity index (χ2v) is 15.6. The van der Waals surface area contributed by atoms with E-state index in [1.54, 1.807) is 0 Å². The molecule has 8 atom stereocenters. The largest absolute Gasteiger partial charge is 0.299 e. The Morgan fingerprint density at radius 1 is 0.833 bits per heavy atom. The Balaban J connectivity index is 1.45. The first kappa shape index (κ1) is 24.7. The van der Waals surface area contributed by atoms with Crippen molar-refractivity contribution in [3.63, 3.8) is 0 Å². The first-order chi connectivity index (χ1) is 16.7. The van der Waals surface area contributed by atoms with Crippen molar-refractivity contribution in [1.82, 2.24) is 20.6 Å². The number of nitrogens with one attached hydrogen (secondary N) is 1. The van der Waals surface area contributed by atoms with Crippen LogP contribution in [0.1, 0.15) is 118 Å². The van der Waals surface area contributed by atoms with E-state index in [1.165, 1.54) is 0 Å².